The summed E-state index contributed by atoms with van der Waals surface area (Å²) < 4.78 is 5.52. The van der Waals surface area contributed by atoms with Gasteiger partial charge in [-0.2, -0.15) is 0 Å². The van der Waals surface area contributed by atoms with Gasteiger partial charge in [0.2, 0.25) is 0 Å². The first-order chi connectivity index (χ1) is 15.8. The summed E-state index contributed by atoms with van der Waals surface area (Å²) in [7, 11) is 0. The molecule has 2 aromatic heterocycles. The summed E-state index contributed by atoms with van der Waals surface area (Å²) >= 11 is 0. The molecule has 2 N–H and O–H groups in total. The lowest BCUT2D eigenvalue weighted by Gasteiger charge is -2.39. The molecule has 1 saturated heterocycles. The van der Waals surface area contributed by atoms with Gasteiger partial charge in [-0.15, -0.1) is 0 Å². The third-order valence-corrected chi connectivity index (χ3v) is 7.14. The highest BCUT2D eigenvalue weighted by Gasteiger charge is 2.27. The smallest absolute Gasteiger partial charge is 0.137 e. The third-order valence-electron chi connectivity index (χ3n) is 7.14. The monoisotopic (exact) mass is 427 g/mol. The van der Waals surface area contributed by atoms with Crippen LogP contribution in [0.15, 0.2) is 55.0 Å². The van der Waals surface area contributed by atoms with Gasteiger partial charge in [-0.1, -0.05) is 18.2 Å². The number of H-pyrrole nitrogens is 1. The Morgan fingerprint density at radius 2 is 1.81 bits per heavy atom. The van der Waals surface area contributed by atoms with Gasteiger partial charge in [0.25, 0.3) is 0 Å². The van der Waals surface area contributed by atoms with E-state index in [2.05, 4.69) is 67.6 Å². The minimum atomic E-state index is 0.460. The normalized spacial score (nSPS) is 22.4. The SMILES string of the molecule is c1cc(-c2ccc3ncnc(N[C@H]4CC[C@H](N5CCOCC5)CC4)c3c2)c2cc[nH]c2c1. The number of hydrogen-bond acceptors (Lipinski definition) is 5. The maximum absolute atomic E-state index is 5.52. The Labute approximate surface area is 188 Å². The van der Waals surface area contributed by atoms with Crippen molar-refractivity contribution >= 4 is 27.6 Å². The highest BCUT2D eigenvalue weighted by Crippen LogP contribution is 2.33. The van der Waals surface area contributed by atoms with E-state index in [0.717, 1.165) is 48.5 Å². The van der Waals surface area contributed by atoms with Gasteiger partial charge >= 0.3 is 0 Å². The van der Waals surface area contributed by atoms with Crippen molar-refractivity contribution < 1.29 is 4.74 Å². The Morgan fingerprint density at radius 3 is 2.69 bits per heavy atom. The van der Waals surface area contributed by atoms with Crippen molar-refractivity contribution in [3.8, 4) is 11.1 Å². The summed E-state index contributed by atoms with van der Waals surface area (Å²) in [4.78, 5) is 15.1. The Kier molecular flexibility index (Phi) is 5.25. The van der Waals surface area contributed by atoms with Crippen LogP contribution in [0.25, 0.3) is 32.9 Å². The molecule has 1 aliphatic heterocycles. The van der Waals surface area contributed by atoms with Gasteiger partial charge in [0.15, 0.2) is 0 Å². The van der Waals surface area contributed by atoms with Crippen molar-refractivity contribution in [2.24, 2.45) is 0 Å². The molecule has 0 radical (unpaired) electrons. The number of rotatable bonds is 4. The molecule has 3 heterocycles. The second-order valence-electron chi connectivity index (χ2n) is 9.00. The van der Waals surface area contributed by atoms with Crippen LogP contribution in [0.3, 0.4) is 0 Å². The average Bonchev–Trinajstić information content (AvgIpc) is 3.34. The molecule has 2 fully saturated rings. The van der Waals surface area contributed by atoms with Gasteiger partial charge in [-0.25, -0.2) is 9.97 Å². The molecule has 0 bridgehead atoms. The van der Waals surface area contributed by atoms with Crippen LogP contribution in [0.5, 0.6) is 0 Å². The second-order valence-corrected chi connectivity index (χ2v) is 9.00. The van der Waals surface area contributed by atoms with E-state index in [9.17, 15) is 0 Å². The van der Waals surface area contributed by atoms with Crippen LogP contribution in [0.1, 0.15) is 25.7 Å². The fourth-order valence-corrected chi connectivity index (χ4v) is 5.40. The van der Waals surface area contributed by atoms with Crippen molar-refractivity contribution in [3.05, 3.63) is 55.0 Å². The zero-order valence-corrected chi connectivity index (χ0v) is 18.3. The molecule has 4 aromatic rings. The number of aromatic nitrogens is 3. The predicted octanol–water partition coefficient (Wildman–Crippen LogP) is 4.83. The van der Waals surface area contributed by atoms with Crippen LogP contribution in [0.4, 0.5) is 5.82 Å². The molecule has 6 heteroatoms. The van der Waals surface area contributed by atoms with E-state index in [4.69, 9.17) is 4.74 Å². The Morgan fingerprint density at radius 1 is 0.938 bits per heavy atom. The average molecular weight is 428 g/mol. The lowest BCUT2D eigenvalue weighted by molar-refractivity contribution is 0.00791. The quantitative estimate of drug-likeness (QED) is 0.488. The Hall–Kier alpha value is -2.96. The van der Waals surface area contributed by atoms with Crippen molar-refractivity contribution in [3.63, 3.8) is 0 Å². The van der Waals surface area contributed by atoms with Gasteiger partial charge < -0.3 is 15.0 Å². The minimum absolute atomic E-state index is 0.460. The number of nitrogens with zero attached hydrogens (tertiary/aromatic N) is 3. The summed E-state index contributed by atoms with van der Waals surface area (Å²) in [6.45, 7) is 3.92. The van der Waals surface area contributed by atoms with Gasteiger partial charge in [-0.3, -0.25) is 4.90 Å². The first-order valence-corrected chi connectivity index (χ1v) is 11.7. The maximum Gasteiger partial charge on any atom is 0.137 e. The lowest BCUT2D eigenvalue weighted by Crippen LogP contribution is -2.46. The number of fused-ring (bicyclic) bond motifs is 2. The molecule has 2 aromatic carbocycles. The standard InChI is InChI=1S/C26H29N5O/c1-2-21(22-10-11-27-24(22)3-1)18-4-9-25-23(16-18)26(29-17-28-25)30-19-5-7-20(8-6-19)31-12-14-32-15-13-31/h1-4,9-11,16-17,19-20,27H,5-8,12-15H2,(H,28,29,30)/t19-,20-. The highest BCUT2D eigenvalue weighted by molar-refractivity contribution is 5.99. The molecule has 2 aliphatic rings. The molecule has 1 aliphatic carbocycles. The van der Waals surface area contributed by atoms with Crippen molar-refractivity contribution in [1.82, 2.24) is 19.9 Å². The Balaban J connectivity index is 1.24. The summed E-state index contributed by atoms with van der Waals surface area (Å²) in [5.74, 6) is 0.952. The zero-order chi connectivity index (χ0) is 21.3. The number of hydrogen-bond donors (Lipinski definition) is 2. The van der Waals surface area contributed by atoms with Gasteiger partial charge in [-0.05, 0) is 61.1 Å². The highest BCUT2D eigenvalue weighted by atomic mass is 16.5. The van der Waals surface area contributed by atoms with E-state index in [-0.39, 0.29) is 0 Å². The molecule has 164 valence electrons. The fraction of sp³-hybridized carbons (Fsp3) is 0.385. The van der Waals surface area contributed by atoms with Crippen molar-refractivity contribution in [2.75, 3.05) is 31.6 Å². The van der Waals surface area contributed by atoms with Crippen LogP contribution in [-0.2, 0) is 4.74 Å². The van der Waals surface area contributed by atoms with Crippen LogP contribution in [0.2, 0.25) is 0 Å². The largest absolute Gasteiger partial charge is 0.379 e. The molecule has 0 spiro atoms. The summed E-state index contributed by atoms with van der Waals surface area (Å²) in [5.41, 5.74) is 4.56. The lowest BCUT2D eigenvalue weighted by atomic mass is 9.90. The van der Waals surface area contributed by atoms with Crippen LogP contribution < -0.4 is 5.32 Å². The fourth-order valence-electron chi connectivity index (χ4n) is 5.40. The van der Waals surface area contributed by atoms with E-state index in [1.165, 1.54) is 42.2 Å². The topological polar surface area (TPSA) is 66.1 Å². The van der Waals surface area contributed by atoms with Crippen molar-refractivity contribution in [2.45, 2.75) is 37.8 Å². The first-order valence-electron chi connectivity index (χ1n) is 11.7. The number of anilines is 1. The molecule has 0 atom stereocenters. The van der Waals surface area contributed by atoms with E-state index >= 15 is 0 Å². The maximum atomic E-state index is 5.52. The molecular formula is C26H29N5O. The molecule has 0 amide bonds. The number of ether oxygens (including phenoxy) is 1. The van der Waals surface area contributed by atoms with Gasteiger partial charge in [0.1, 0.15) is 12.1 Å². The second kappa shape index (κ2) is 8.52. The number of morpholine rings is 1. The van der Waals surface area contributed by atoms with Crippen molar-refractivity contribution in [1.29, 1.82) is 0 Å². The van der Waals surface area contributed by atoms with E-state index in [0.29, 0.717) is 12.1 Å². The van der Waals surface area contributed by atoms with Gasteiger partial charge in [0.05, 0.1) is 18.7 Å². The van der Waals surface area contributed by atoms with Gasteiger partial charge in [0, 0.05) is 47.7 Å². The van der Waals surface area contributed by atoms with Crippen LogP contribution in [0, 0.1) is 0 Å². The molecule has 6 nitrogen and oxygen atoms in total. The summed E-state index contributed by atoms with van der Waals surface area (Å²) in [5, 5.41) is 6.08. The van der Waals surface area contributed by atoms with Crippen LogP contribution >= 0.6 is 0 Å². The number of benzene rings is 2. The molecule has 32 heavy (non-hydrogen) atoms. The molecule has 6 rings (SSSR count). The number of aromatic amines is 1. The Bertz CT molecular complexity index is 1220. The molecule has 1 saturated carbocycles. The summed E-state index contributed by atoms with van der Waals surface area (Å²) in [6, 6.07) is 16.2. The van der Waals surface area contributed by atoms with Crippen LogP contribution in [-0.4, -0.2) is 58.2 Å². The van der Waals surface area contributed by atoms with E-state index in [1.54, 1.807) is 6.33 Å². The third kappa shape index (κ3) is 3.74. The first kappa shape index (κ1) is 19.7. The van der Waals surface area contributed by atoms with E-state index < -0.39 is 0 Å². The predicted molar refractivity (Wildman–Crippen MR) is 129 cm³/mol. The molecular weight excluding hydrogens is 398 g/mol. The van der Waals surface area contributed by atoms with E-state index in [1.807, 2.05) is 6.20 Å². The minimum Gasteiger partial charge on any atom is -0.379 e. The molecule has 0 unspecified atom stereocenters. The summed E-state index contributed by atoms with van der Waals surface area (Å²) in [6.07, 6.45) is 8.50. The number of nitrogens with one attached hydrogen (secondary N) is 2. The zero-order valence-electron chi connectivity index (χ0n) is 18.3.